The number of ether oxygens (including phenoxy) is 14. The lowest BCUT2D eigenvalue weighted by Gasteiger charge is -2.21. The van der Waals surface area contributed by atoms with E-state index in [9.17, 15) is 0 Å². The van der Waals surface area contributed by atoms with Crippen molar-refractivity contribution >= 4 is 79.4 Å². The maximum Gasteiger partial charge on any atom is 0.190 e. The number of hydrogen-bond donors (Lipinski definition) is 0. The summed E-state index contributed by atoms with van der Waals surface area (Å²) in [6.45, 7) is 0. The number of hydrogen-bond acceptors (Lipinski definition) is 21. The van der Waals surface area contributed by atoms with Gasteiger partial charge in [-0.05, 0) is 84.9 Å². The van der Waals surface area contributed by atoms with Crippen LogP contribution >= 0.6 is 79.4 Å². The van der Waals surface area contributed by atoms with E-state index in [1.54, 1.807) is 0 Å². The van der Waals surface area contributed by atoms with Gasteiger partial charge < -0.3 is 66.3 Å². The molecule has 0 bridgehead atoms. The normalized spacial score (nSPS) is 13.6. The summed E-state index contributed by atoms with van der Waals surface area (Å²) in [5.74, 6) is 15.3. The molecule has 0 spiro atoms. The van der Waals surface area contributed by atoms with E-state index < -0.39 is 0 Å². The third kappa shape index (κ3) is 7.52. The largest absolute Gasteiger partial charge is 0.449 e. The van der Waals surface area contributed by atoms with E-state index in [4.69, 9.17) is 66.3 Å². The molecule has 0 aliphatic carbocycles. The first-order chi connectivity index (χ1) is 45.0. The number of thiophene rings is 7. The van der Waals surface area contributed by atoms with E-state index in [-0.39, 0.29) is 0 Å². The number of rotatable bonds is 6. The third-order valence-electron chi connectivity index (χ3n) is 15.7. The molecule has 0 radical (unpaired) electrons. The molecule has 21 heteroatoms. The molecule has 0 saturated carbocycles. The van der Waals surface area contributed by atoms with E-state index in [0.29, 0.717) is 180 Å². The Bertz CT molecular complexity index is 5170. The first-order valence-corrected chi connectivity index (χ1v) is 34.1. The van der Waals surface area contributed by atoms with E-state index in [2.05, 4.69) is 0 Å². The van der Waals surface area contributed by atoms with Crippen molar-refractivity contribution in [2.45, 2.75) is 0 Å². The lowest BCUT2D eigenvalue weighted by Crippen LogP contribution is -2.00. The highest BCUT2D eigenvalue weighted by molar-refractivity contribution is 7.32. The van der Waals surface area contributed by atoms with Gasteiger partial charge in [-0.15, -0.1) is 79.4 Å². The highest BCUT2D eigenvalue weighted by Gasteiger charge is 2.44. The van der Waals surface area contributed by atoms with Gasteiger partial charge in [0.05, 0.1) is 58.5 Å². The van der Waals surface area contributed by atoms with Crippen LogP contribution in [0.25, 0.3) is 58.5 Å². The molecular weight excluding hydrogens is 1290 g/mol. The van der Waals surface area contributed by atoms with Gasteiger partial charge in [0.2, 0.25) is 0 Å². The van der Waals surface area contributed by atoms with Crippen LogP contribution in [0.4, 0.5) is 0 Å². The summed E-state index contributed by atoms with van der Waals surface area (Å²) in [6, 6.07) is 53.5. The highest BCUT2D eigenvalue weighted by atomic mass is 32.1. The van der Waals surface area contributed by atoms with Gasteiger partial charge in [-0.1, -0.05) is 84.9 Å². The molecule has 0 unspecified atom stereocenters. The predicted molar refractivity (Wildman–Crippen MR) is 350 cm³/mol. The Hall–Kier alpha value is -10.4. The summed E-state index contributed by atoms with van der Waals surface area (Å²) in [5.41, 5.74) is 0. The topological polar surface area (TPSA) is 129 Å². The minimum absolute atomic E-state index is 0.470. The van der Waals surface area contributed by atoms with Crippen molar-refractivity contribution < 1.29 is 66.3 Å². The molecule has 21 rings (SSSR count). The Kier molecular flexibility index (Phi) is 10.6. The molecule has 14 heterocycles. The molecule has 91 heavy (non-hydrogen) atoms. The van der Waals surface area contributed by atoms with Crippen LogP contribution < -0.4 is 66.3 Å². The Morgan fingerprint density at radius 3 is 0.462 bits per heavy atom. The highest BCUT2D eigenvalue weighted by Crippen LogP contribution is 2.73. The fourth-order valence-corrected chi connectivity index (χ4v) is 20.0. The summed E-state index contributed by atoms with van der Waals surface area (Å²) >= 11 is 10.5. The standard InChI is InChI=1S/C70H30O14S7/c1-3-17-33-31(15-1)71-45-29-85-59(47(45)73-33)61-49-51(77-37-21-7-5-19-35(37)75-49)63(87-61)65-53-55(81-41-25-11-9-23-39(41)79-53)67(89-65)69-57-58(84-44-28-14-13-27-43(44)83-57)70(91-69)68-56-54(80-40-24-10-12-26-42(40)82-56)66(90-68)64-52-50(76-36-20-6-8-22-38(36)78-52)62(88-64)60-48-46(30-86-60)72-32-16-2-4-18-34(32)74-48/h1-30H. The van der Waals surface area contributed by atoms with Crippen molar-refractivity contribution in [1.29, 1.82) is 0 Å². The summed E-state index contributed by atoms with van der Waals surface area (Å²) in [7, 11) is 0. The van der Waals surface area contributed by atoms with Crippen molar-refractivity contribution in [3.05, 3.63) is 181 Å². The van der Waals surface area contributed by atoms with Crippen molar-refractivity contribution in [2.24, 2.45) is 0 Å². The maximum absolute atomic E-state index is 7.12. The number of fused-ring (bicyclic) bond motifs is 14. The second kappa shape index (κ2) is 19.1. The van der Waals surface area contributed by atoms with Crippen LogP contribution in [-0.4, -0.2) is 0 Å². The zero-order valence-electron chi connectivity index (χ0n) is 45.9. The van der Waals surface area contributed by atoms with Crippen LogP contribution in [0.1, 0.15) is 0 Å². The van der Waals surface area contributed by atoms with Crippen molar-refractivity contribution in [1.82, 2.24) is 0 Å². The van der Waals surface area contributed by atoms with Crippen molar-refractivity contribution in [3.8, 4) is 220 Å². The minimum atomic E-state index is 0.470. The summed E-state index contributed by atoms with van der Waals surface area (Å²) < 4.78 is 96.4. The smallest absolute Gasteiger partial charge is 0.190 e. The zero-order valence-corrected chi connectivity index (χ0v) is 51.6. The molecular formula is C70H30O14S7. The Morgan fingerprint density at radius 1 is 0.143 bits per heavy atom. The van der Waals surface area contributed by atoms with E-state index in [1.165, 1.54) is 79.4 Å². The number of benzene rings is 7. The molecule has 14 nitrogen and oxygen atoms in total. The van der Waals surface area contributed by atoms with E-state index >= 15 is 0 Å². The van der Waals surface area contributed by atoms with Crippen LogP contribution in [0, 0.1) is 0 Å². The van der Waals surface area contributed by atoms with Gasteiger partial charge in [0, 0.05) is 10.8 Å². The molecule has 7 aromatic carbocycles. The second-order valence-corrected chi connectivity index (χ2v) is 28.0. The lowest BCUT2D eigenvalue weighted by molar-refractivity contribution is 0.358. The van der Waals surface area contributed by atoms with Crippen molar-refractivity contribution in [2.75, 3.05) is 0 Å². The van der Waals surface area contributed by atoms with Crippen LogP contribution in [0.3, 0.4) is 0 Å². The van der Waals surface area contributed by atoms with Gasteiger partial charge in [-0.2, -0.15) is 0 Å². The van der Waals surface area contributed by atoms with E-state index in [1.807, 2.05) is 181 Å². The molecule has 7 aliphatic heterocycles. The SMILES string of the molecule is c1ccc2c(c1)Oc1csc(-c3sc(-c4sc(-c5sc(-c6sc(-c7sc(-c8scc9c8Oc8ccccc8O9)c8c7Oc7ccccc7O8)c7c6Oc6ccccc6O7)c6c5Oc5ccccc5O6)c5c4Oc4ccccc4O5)c4c3Oc3ccccc3O4)c1O2. The molecule has 0 saturated heterocycles. The van der Waals surface area contributed by atoms with Gasteiger partial charge >= 0.3 is 0 Å². The fourth-order valence-electron chi connectivity index (χ4n) is 11.6. The molecule has 0 fully saturated rings. The minimum Gasteiger partial charge on any atom is -0.449 e. The number of para-hydroxylation sites is 14. The summed E-state index contributed by atoms with van der Waals surface area (Å²) in [5, 5.41) is 3.91. The predicted octanol–water partition coefficient (Wildman–Crippen LogP) is 25.4. The van der Waals surface area contributed by atoms with Crippen molar-refractivity contribution in [3.63, 3.8) is 0 Å². The molecule has 7 aromatic heterocycles. The molecule has 436 valence electrons. The van der Waals surface area contributed by atoms with Crippen LogP contribution in [0.15, 0.2) is 181 Å². The fraction of sp³-hybridized carbons (Fsp3) is 0. The van der Waals surface area contributed by atoms with Gasteiger partial charge in [0.25, 0.3) is 0 Å². The molecule has 7 aliphatic rings. The van der Waals surface area contributed by atoms with Crippen LogP contribution in [0.2, 0.25) is 0 Å². The van der Waals surface area contributed by atoms with Crippen LogP contribution in [0.5, 0.6) is 161 Å². The summed E-state index contributed by atoms with van der Waals surface area (Å²) in [6.07, 6.45) is 0. The quantitative estimate of drug-likeness (QED) is 0.157. The molecule has 0 atom stereocenters. The average molecular weight is 1320 g/mol. The van der Waals surface area contributed by atoms with Gasteiger partial charge in [0.1, 0.15) is 0 Å². The zero-order chi connectivity index (χ0) is 59.2. The molecule has 0 N–H and O–H groups in total. The Balaban J connectivity index is 0.770. The third-order valence-corrected chi connectivity index (χ3v) is 24.3. The van der Waals surface area contributed by atoms with E-state index in [0.717, 1.165) is 39.0 Å². The average Bonchev–Trinajstić information content (AvgIpc) is 1.58. The monoisotopic (exact) mass is 1320 g/mol. The summed E-state index contributed by atoms with van der Waals surface area (Å²) in [4.78, 5) is 8.94. The lowest BCUT2D eigenvalue weighted by atomic mass is 10.2. The Morgan fingerprint density at radius 2 is 0.286 bits per heavy atom. The molecule has 0 amide bonds. The maximum atomic E-state index is 7.12. The first kappa shape index (κ1) is 50.5. The second-order valence-electron chi connectivity index (χ2n) is 21.2. The molecule has 14 aromatic rings. The van der Waals surface area contributed by atoms with Gasteiger partial charge in [0.15, 0.2) is 161 Å². The van der Waals surface area contributed by atoms with Gasteiger partial charge in [-0.3, -0.25) is 0 Å². The Labute approximate surface area is 541 Å². The van der Waals surface area contributed by atoms with Crippen LogP contribution in [-0.2, 0) is 0 Å². The van der Waals surface area contributed by atoms with Gasteiger partial charge in [-0.25, -0.2) is 0 Å². The first-order valence-electron chi connectivity index (χ1n) is 28.3.